The van der Waals surface area contributed by atoms with E-state index in [0.29, 0.717) is 17.6 Å². The van der Waals surface area contributed by atoms with Gasteiger partial charge in [-0.1, -0.05) is 13.3 Å². The van der Waals surface area contributed by atoms with E-state index in [-0.39, 0.29) is 5.82 Å². The third kappa shape index (κ3) is 2.45. The second-order valence-electron chi connectivity index (χ2n) is 5.17. The van der Waals surface area contributed by atoms with Crippen LogP contribution in [0.15, 0.2) is 30.9 Å². The Hall–Kier alpha value is -1.91. The van der Waals surface area contributed by atoms with Crippen molar-refractivity contribution in [3.8, 4) is 5.69 Å². The molecular formula is C14H17FN4. The van der Waals surface area contributed by atoms with Crippen LogP contribution in [-0.4, -0.2) is 20.8 Å². The first-order valence-electron chi connectivity index (χ1n) is 6.65. The van der Waals surface area contributed by atoms with Crippen LogP contribution in [0.2, 0.25) is 0 Å². The summed E-state index contributed by atoms with van der Waals surface area (Å²) in [4.78, 5) is 3.82. The number of nitrogens with one attached hydrogen (secondary N) is 1. The smallest absolute Gasteiger partial charge is 0.150 e. The third-order valence-electron chi connectivity index (χ3n) is 3.83. The molecule has 1 fully saturated rings. The monoisotopic (exact) mass is 260 g/mol. The summed E-state index contributed by atoms with van der Waals surface area (Å²) in [7, 11) is 0. The van der Waals surface area contributed by atoms with Crippen molar-refractivity contribution in [2.24, 2.45) is 5.92 Å². The quantitative estimate of drug-likeness (QED) is 0.922. The van der Waals surface area contributed by atoms with Gasteiger partial charge < -0.3 is 5.32 Å². The lowest BCUT2D eigenvalue weighted by atomic mass is 10.1. The van der Waals surface area contributed by atoms with Crippen LogP contribution in [0.3, 0.4) is 0 Å². The van der Waals surface area contributed by atoms with E-state index in [0.717, 1.165) is 12.1 Å². The van der Waals surface area contributed by atoms with Crippen molar-refractivity contribution in [2.75, 3.05) is 5.32 Å². The molecule has 5 heteroatoms. The Morgan fingerprint density at radius 2 is 2.26 bits per heavy atom. The van der Waals surface area contributed by atoms with Gasteiger partial charge in [-0.05, 0) is 37.0 Å². The highest BCUT2D eigenvalue weighted by atomic mass is 19.1. The summed E-state index contributed by atoms with van der Waals surface area (Å²) in [5.41, 5.74) is 1.25. The fourth-order valence-electron chi connectivity index (χ4n) is 2.69. The van der Waals surface area contributed by atoms with E-state index >= 15 is 0 Å². The molecule has 0 amide bonds. The molecule has 2 unspecified atom stereocenters. The maximum absolute atomic E-state index is 14.1. The second-order valence-corrected chi connectivity index (χ2v) is 5.17. The SMILES string of the molecule is CC1CCCC1Nc1ccc(-n2cncn2)c(F)c1. The molecule has 1 aromatic heterocycles. The third-order valence-corrected chi connectivity index (χ3v) is 3.83. The standard InChI is InChI=1S/C14H17FN4/c1-10-3-2-4-13(10)18-11-5-6-14(12(15)7-11)19-9-16-8-17-19/h5-10,13,18H,2-4H2,1H3. The fourth-order valence-corrected chi connectivity index (χ4v) is 2.69. The average Bonchev–Trinajstić information content (AvgIpc) is 3.02. The number of hydrogen-bond acceptors (Lipinski definition) is 3. The summed E-state index contributed by atoms with van der Waals surface area (Å²) >= 11 is 0. The molecule has 0 spiro atoms. The van der Waals surface area contributed by atoms with Gasteiger partial charge in [-0.25, -0.2) is 14.1 Å². The van der Waals surface area contributed by atoms with E-state index in [1.54, 1.807) is 6.07 Å². The lowest BCUT2D eigenvalue weighted by molar-refractivity contribution is 0.555. The molecule has 1 saturated carbocycles. The van der Waals surface area contributed by atoms with Crippen LogP contribution in [0.25, 0.3) is 5.69 Å². The summed E-state index contributed by atoms with van der Waals surface area (Å²) < 4.78 is 15.5. The van der Waals surface area contributed by atoms with Crippen LogP contribution >= 0.6 is 0 Å². The Kier molecular flexibility index (Phi) is 3.19. The van der Waals surface area contributed by atoms with Gasteiger partial charge in [0.1, 0.15) is 18.3 Å². The predicted molar refractivity (Wildman–Crippen MR) is 71.7 cm³/mol. The largest absolute Gasteiger partial charge is 0.382 e. The highest BCUT2D eigenvalue weighted by molar-refractivity contribution is 5.50. The molecule has 2 aromatic rings. The van der Waals surface area contributed by atoms with Gasteiger partial charge >= 0.3 is 0 Å². The molecule has 0 bridgehead atoms. The molecule has 1 aliphatic rings. The van der Waals surface area contributed by atoms with Gasteiger partial charge in [-0.2, -0.15) is 5.10 Å². The molecule has 0 aliphatic heterocycles. The van der Waals surface area contributed by atoms with E-state index in [4.69, 9.17) is 0 Å². The van der Waals surface area contributed by atoms with Crippen LogP contribution in [-0.2, 0) is 0 Å². The molecule has 1 aliphatic carbocycles. The predicted octanol–water partition coefficient (Wildman–Crippen LogP) is 3.01. The van der Waals surface area contributed by atoms with E-state index in [9.17, 15) is 4.39 Å². The lowest BCUT2D eigenvalue weighted by Crippen LogP contribution is -2.21. The highest BCUT2D eigenvalue weighted by Gasteiger charge is 2.23. The van der Waals surface area contributed by atoms with Crippen molar-refractivity contribution in [1.29, 1.82) is 0 Å². The van der Waals surface area contributed by atoms with E-state index in [1.807, 2.05) is 6.07 Å². The Labute approximate surface area is 111 Å². The van der Waals surface area contributed by atoms with E-state index < -0.39 is 0 Å². The molecule has 1 N–H and O–H groups in total. The van der Waals surface area contributed by atoms with Crippen LogP contribution in [0.5, 0.6) is 0 Å². The lowest BCUT2D eigenvalue weighted by Gasteiger charge is -2.19. The summed E-state index contributed by atoms with van der Waals surface area (Å²) in [6, 6.07) is 5.61. The first-order chi connectivity index (χ1) is 9.24. The van der Waals surface area contributed by atoms with Gasteiger partial charge in [0.05, 0.1) is 0 Å². The first-order valence-corrected chi connectivity index (χ1v) is 6.65. The van der Waals surface area contributed by atoms with Gasteiger partial charge in [-0.3, -0.25) is 0 Å². The fraction of sp³-hybridized carbons (Fsp3) is 0.429. The minimum Gasteiger partial charge on any atom is -0.382 e. The van der Waals surface area contributed by atoms with Crippen molar-refractivity contribution >= 4 is 5.69 Å². The molecular weight excluding hydrogens is 243 g/mol. The molecule has 0 radical (unpaired) electrons. The number of anilines is 1. The maximum Gasteiger partial charge on any atom is 0.150 e. The number of nitrogens with zero attached hydrogens (tertiary/aromatic N) is 3. The molecule has 1 aromatic carbocycles. The molecule has 19 heavy (non-hydrogen) atoms. The maximum atomic E-state index is 14.1. The summed E-state index contributed by atoms with van der Waals surface area (Å²) in [5.74, 6) is 0.360. The molecule has 0 saturated heterocycles. The van der Waals surface area contributed by atoms with Crippen LogP contribution < -0.4 is 5.32 Å². The zero-order valence-corrected chi connectivity index (χ0v) is 10.9. The Morgan fingerprint density at radius 1 is 1.37 bits per heavy atom. The van der Waals surface area contributed by atoms with Crippen LogP contribution in [0.1, 0.15) is 26.2 Å². The first kappa shape index (κ1) is 12.1. The Morgan fingerprint density at radius 3 is 2.89 bits per heavy atom. The molecule has 100 valence electrons. The number of rotatable bonds is 3. The van der Waals surface area contributed by atoms with Gasteiger partial charge in [-0.15, -0.1) is 0 Å². The normalized spacial score (nSPS) is 22.6. The molecule has 1 heterocycles. The number of halogens is 1. The number of benzene rings is 1. The van der Waals surface area contributed by atoms with Crippen molar-refractivity contribution in [1.82, 2.24) is 14.8 Å². The van der Waals surface area contributed by atoms with Gasteiger partial charge in [0.2, 0.25) is 0 Å². The minimum absolute atomic E-state index is 0.291. The van der Waals surface area contributed by atoms with Crippen molar-refractivity contribution < 1.29 is 4.39 Å². The molecule has 2 atom stereocenters. The van der Waals surface area contributed by atoms with Crippen LogP contribution in [0.4, 0.5) is 10.1 Å². The van der Waals surface area contributed by atoms with Gasteiger partial charge in [0, 0.05) is 11.7 Å². The van der Waals surface area contributed by atoms with Gasteiger partial charge in [0.15, 0.2) is 5.82 Å². The minimum atomic E-state index is -0.291. The molecule has 3 rings (SSSR count). The van der Waals surface area contributed by atoms with Gasteiger partial charge in [0.25, 0.3) is 0 Å². The summed E-state index contributed by atoms with van der Waals surface area (Å²) in [6.45, 7) is 2.24. The van der Waals surface area contributed by atoms with E-state index in [2.05, 4.69) is 22.3 Å². The Bertz CT molecular complexity index is 553. The number of hydrogen-bond donors (Lipinski definition) is 1. The zero-order valence-electron chi connectivity index (χ0n) is 10.9. The zero-order chi connectivity index (χ0) is 13.2. The topological polar surface area (TPSA) is 42.7 Å². The van der Waals surface area contributed by atoms with Crippen molar-refractivity contribution in [3.63, 3.8) is 0 Å². The second kappa shape index (κ2) is 4.99. The summed E-state index contributed by atoms with van der Waals surface area (Å²) in [5, 5.41) is 7.36. The van der Waals surface area contributed by atoms with Crippen molar-refractivity contribution in [2.45, 2.75) is 32.2 Å². The van der Waals surface area contributed by atoms with E-state index in [1.165, 1.54) is 36.2 Å². The molecule has 4 nitrogen and oxygen atoms in total. The number of aromatic nitrogens is 3. The van der Waals surface area contributed by atoms with Crippen molar-refractivity contribution in [3.05, 3.63) is 36.7 Å². The Balaban J connectivity index is 1.79. The average molecular weight is 260 g/mol. The highest BCUT2D eigenvalue weighted by Crippen LogP contribution is 2.28. The summed E-state index contributed by atoms with van der Waals surface area (Å²) in [6.07, 6.45) is 6.54. The van der Waals surface area contributed by atoms with Crippen LogP contribution in [0, 0.1) is 11.7 Å².